The first kappa shape index (κ1) is 14.5. The average molecular weight is 347 g/mol. The van der Waals surface area contributed by atoms with E-state index in [1.54, 1.807) is 13.0 Å². The molecule has 0 spiro atoms. The highest BCUT2D eigenvalue weighted by Gasteiger charge is 2.34. The number of hydrogen-bond acceptors (Lipinski definition) is 3. The van der Waals surface area contributed by atoms with E-state index in [0.717, 1.165) is 6.42 Å². The summed E-state index contributed by atoms with van der Waals surface area (Å²) in [6, 6.07) is 3.11. The third kappa shape index (κ3) is 3.16. The maximum Gasteiger partial charge on any atom is 0.251 e. The second-order valence-electron chi connectivity index (χ2n) is 4.92. The zero-order chi connectivity index (χ0) is 14.4. The first-order chi connectivity index (χ1) is 8.70. The largest absolute Gasteiger partial charge is 0.349 e. The lowest BCUT2D eigenvalue weighted by Gasteiger charge is -2.10. The van der Waals surface area contributed by atoms with Crippen LogP contribution in [-0.4, -0.2) is 20.4 Å². The molecule has 1 aromatic rings. The lowest BCUT2D eigenvalue weighted by molar-refractivity contribution is 0.0949. The van der Waals surface area contributed by atoms with E-state index < -0.39 is 10.0 Å². The Balaban J connectivity index is 2.36. The molecule has 1 aromatic carbocycles. The monoisotopic (exact) mass is 346 g/mol. The molecule has 5 nitrogen and oxygen atoms in total. The van der Waals surface area contributed by atoms with Crippen LogP contribution in [0.25, 0.3) is 0 Å². The van der Waals surface area contributed by atoms with Gasteiger partial charge in [0.25, 0.3) is 5.91 Å². The van der Waals surface area contributed by atoms with Crippen molar-refractivity contribution in [2.24, 2.45) is 11.1 Å². The molecule has 1 amide bonds. The van der Waals surface area contributed by atoms with Crippen molar-refractivity contribution in [2.75, 3.05) is 0 Å². The van der Waals surface area contributed by atoms with Crippen LogP contribution in [0.2, 0.25) is 0 Å². The number of carbonyl (C=O) groups excluding carboxylic acids is 1. The van der Waals surface area contributed by atoms with Gasteiger partial charge in [0.1, 0.15) is 0 Å². The summed E-state index contributed by atoms with van der Waals surface area (Å²) >= 11 is 3.25. The van der Waals surface area contributed by atoms with Crippen LogP contribution in [0.15, 0.2) is 21.5 Å². The molecule has 0 bridgehead atoms. The number of nitrogens with two attached hydrogens (primary N) is 1. The van der Waals surface area contributed by atoms with Gasteiger partial charge in [-0.25, -0.2) is 13.6 Å². The number of nitrogens with one attached hydrogen (secondary N) is 1. The van der Waals surface area contributed by atoms with Crippen LogP contribution in [0.1, 0.15) is 29.3 Å². The molecule has 1 aliphatic rings. The van der Waals surface area contributed by atoms with Crippen LogP contribution in [0.4, 0.5) is 0 Å². The third-order valence-electron chi connectivity index (χ3n) is 3.29. The zero-order valence-corrected chi connectivity index (χ0v) is 13.0. The van der Waals surface area contributed by atoms with Gasteiger partial charge < -0.3 is 5.32 Å². The number of benzene rings is 1. The maximum absolute atomic E-state index is 12.0. The van der Waals surface area contributed by atoms with Gasteiger partial charge in [-0.2, -0.15) is 0 Å². The maximum atomic E-state index is 12.0. The van der Waals surface area contributed by atoms with Gasteiger partial charge in [-0.3, -0.25) is 4.79 Å². The van der Waals surface area contributed by atoms with Crippen LogP contribution in [0, 0.1) is 12.8 Å². The highest BCUT2D eigenvalue weighted by Crippen LogP contribution is 2.30. The van der Waals surface area contributed by atoms with Gasteiger partial charge in [0.2, 0.25) is 10.0 Å². The Hall–Kier alpha value is -0.920. The third-order valence-corrected chi connectivity index (χ3v) is 5.15. The lowest BCUT2D eigenvalue weighted by atomic mass is 10.1. The molecule has 2 atom stereocenters. The molecule has 0 saturated heterocycles. The number of halogens is 1. The van der Waals surface area contributed by atoms with Crippen LogP contribution in [0.3, 0.4) is 0 Å². The fraction of sp³-hybridized carbons (Fsp3) is 0.417. The van der Waals surface area contributed by atoms with Gasteiger partial charge >= 0.3 is 0 Å². The fourth-order valence-electron chi connectivity index (χ4n) is 1.86. The topological polar surface area (TPSA) is 89.3 Å². The van der Waals surface area contributed by atoms with Crippen molar-refractivity contribution in [1.82, 2.24) is 5.32 Å². The van der Waals surface area contributed by atoms with Crippen molar-refractivity contribution in [1.29, 1.82) is 0 Å². The van der Waals surface area contributed by atoms with Gasteiger partial charge in [-0.1, -0.05) is 22.9 Å². The van der Waals surface area contributed by atoms with Gasteiger partial charge in [-0.15, -0.1) is 0 Å². The lowest BCUT2D eigenvalue weighted by Crippen LogP contribution is -2.27. The first-order valence-electron chi connectivity index (χ1n) is 5.84. The predicted molar refractivity (Wildman–Crippen MR) is 75.3 cm³/mol. The van der Waals surface area contributed by atoms with E-state index >= 15 is 0 Å². The smallest absolute Gasteiger partial charge is 0.251 e. The van der Waals surface area contributed by atoms with Crippen molar-refractivity contribution < 1.29 is 13.2 Å². The summed E-state index contributed by atoms with van der Waals surface area (Å²) in [4.78, 5) is 12.0. The Morgan fingerprint density at radius 3 is 2.53 bits per heavy atom. The number of sulfonamides is 1. The number of amides is 1. The highest BCUT2D eigenvalue weighted by molar-refractivity contribution is 9.10. The summed E-state index contributed by atoms with van der Waals surface area (Å²) in [5.41, 5.74) is 0.791. The van der Waals surface area contributed by atoms with E-state index in [1.165, 1.54) is 6.07 Å². The van der Waals surface area contributed by atoms with Gasteiger partial charge in [0.05, 0.1) is 4.90 Å². The SMILES string of the molecule is Cc1c(Br)cc(C(=O)NC2CC2C)cc1S(N)(=O)=O. The van der Waals surface area contributed by atoms with Crippen molar-refractivity contribution >= 4 is 31.9 Å². The molecule has 0 aliphatic heterocycles. The van der Waals surface area contributed by atoms with E-state index in [2.05, 4.69) is 21.2 Å². The summed E-state index contributed by atoms with van der Waals surface area (Å²) in [7, 11) is -3.85. The van der Waals surface area contributed by atoms with E-state index in [-0.39, 0.29) is 16.8 Å². The molecule has 104 valence electrons. The molecule has 0 radical (unpaired) electrons. The quantitative estimate of drug-likeness (QED) is 0.869. The van der Waals surface area contributed by atoms with E-state index in [4.69, 9.17) is 5.14 Å². The van der Waals surface area contributed by atoms with Crippen LogP contribution < -0.4 is 10.5 Å². The number of primary sulfonamides is 1. The van der Waals surface area contributed by atoms with Crippen molar-refractivity contribution in [3.05, 3.63) is 27.7 Å². The number of hydrogen-bond donors (Lipinski definition) is 2. The summed E-state index contributed by atoms with van der Waals surface area (Å²) < 4.78 is 23.5. The van der Waals surface area contributed by atoms with Gasteiger partial charge in [0, 0.05) is 16.1 Å². The van der Waals surface area contributed by atoms with Crippen LogP contribution in [-0.2, 0) is 10.0 Å². The standard InChI is InChI=1S/C12H15BrN2O3S/c1-6-3-10(6)15-12(16)8-4-9(13)7(2)11(5-8)19(14,17)18/h4-6,10H,3H2,1-2H3,(H,15,16)(H2,14,17,18). The second kappa shape index (κ2) is 4.88. The summed E-state index contributed by atoms with van der Waals surface area (Å²) in [6.07, 6.45) is 0.959. The Bertz CT molecular complexity index is 643. The van der Waals surface area contributed by atoms with E-state index in [9.17, 15) is 13.2 Å². The summed E-state index contributed by atoms with van der Waals surface area (Å²) in [5.74, 6) is 0.204. The second-order valence-corrected chi connectivity index (χ2v) is 7.30. The molecule has 7 heteroatoms. The molecule has 1 aliphatic carbocycles. The Labute approximate surface area is 120 Å². The Morgan fingerprint density at radius 1 is 1.47 bits per heavy atom. The molecule has 1 saturated carbocycles. The summed E-state index contributed by atoms with van der Waals surface area (Å²) in [6.45, 7) is 3.68. The van der Waals surface area contributed by atoms with Crippen molar-refractivity contribution in [3.63, 3.8) is 0 Å². The predicted octanol–water partition coefficient (Wildman–Crippen LogP) is 1.54. The minimum Gasteiger partial charge on any atom is -0.349 e. The molecular formula is C12H15BrN2O3S. The number of carbonyl (C=O) groups is 1. The first-order valence-corrected chi connectivity index (χ1v) is 8.18. The molecule has 3 N–H and O–H groups in total. The van der Waals surface area contributed by atoms with Crippen molar-refractivity contribution in [3.8, 4) is 0 Å². The van der Waals surface area contributed by atoms with Gasteiger partial charge in [0.15, 0.2) is 0 Å². The van der Waals surface area contributed by atoms with Crippen LogP contribution >= 0.6 is 15.9 Å². The molecule has 2 unspecified atom stereocenters. The minimum atomic E-state index is -3.85. The average Bonchev–Trinajstić information content (AvgIpc) is 2.96. The number of rotatable bonds is 3. The van der Waals surface area contributed by atoms with Gasteiger partial charge in [-0.05, 0) is 37.0 Å². The molecule has 0 heterocycles. The van der Waals surface area contributed by atoms with E-state index in [0.29, 0.717) is 21.5 Å². The zero-order valence-electron chi connectivity index (χ0n) is 10.6. The minimum absolute atomic E-state index is 0.0316. The molecule has 1 fully saturated rings. The normalized spacial score (nSPS) is 22.1. The Morgan fingerprint density at radius 2 is 2.05 bits per heavy atom. The van der Waals surface area contributed by atoms with E-state index in [1.807, 2.05) is 6.92 Å². The van der Waals surface area contributed by atoms with Crippen LogP contribution in [0.5, 0.6) is 0 Å². The Kier molecular flexibility index (Phi) is 3.72. The molecule has 2 rings (SSSR count). The molecule has 19 heavy (non-hydrogen) atoms. The fourth-order valence-corrected chi connectivity index (χ4v) is 3.27. The highest BCUT2D eigenvalue weighted by atomic mass is 79.9. The van der Waals surface area contributed by atoms with Crippen molar-refractivity contribution in [2.45, 2.75) is 31.2 Å². The molecular weight excluding hydrogens is 332 g/mol. The molecule has 0 aromatic heterocycles. The summed E-state index contributed by atoms with van der Waals surface area (Å²) in [5, 5.41) is 8.00.